The Morgan fingerprint density at radius 1 is 0.906 bits per heavy atom. The van der Waals surface area contributed by atoms with Gasteiger partial charge in [-0.05, 0) is 18.8 Å². The molecule has 1 fully saturated rings. The van der Waals surface area contributed by atoms with Gasteiger partial charge in [-0.3, -0.25) is 9.35 Å². The molecular formula is C17H25F9O4S2. The molecule has 1 saturated carbocycles. The maximum atomic E-state index is 12.2. The zero-order valence-corrected chi connectivity index (χ0v) is 19.0. The molecule has 0 bridgehead atoms. The quantitative estimate of drug-likeness (QED) is 0.246. The van der Waals surface area contributed by atoms with Gasteiger partial charge in [-0.15, -0.1) is 0 Å². The lowest BCUT2D eigenvalue weighted by Crippen LogP contribution is -2.63. The van der Waals surface area contributed by atoms with Crippen LogP contribution in [0.3, 0.4) is 0 Å². The predicted octanol–water partition coefficient (Wildman–Crippen LogP) is 6.17. The van der Waals surface area contributed by atoms with E-state index in [1.54, 1.807) is 0 Å². The van der Waals surface area contributed by atoms with Crippen LogP contribution in [0, 0.1) is 11.3 Å². The minimum atomic E-state index is -7.37. The van der Waals surface area contributed by atoms with Gasteiger partial charge in [0, 0.05) is 17.1 Å². The van der Waals surface area contributed by atoms with E-state index in [4.69, 9.17) is 4.55 Å². The van der Waals surface area contributed by atoms with Crippen molar-refractivity contribution in [3.8, 4) is 0 Å². The molecule has 0 aromatic rings. The molecule has 4 nitrogen and oxygen atoms in total. The van der Waals surface area contributed by atoms with E-state index >= 15 is 0 Å². The van der Waals surface area contributed by atoms with Crippen LogP contribution < -0.4 is 0 Å². The number of carbonyl (C=O) groups excluding carboxylic acids is 1. The number of Topliss-reactive ketones (excluding diaryl/α,β-unsaturated/α-hetero) is 1. The Morgan fingerprint density at radius 3 is 1.62 bits per heavy atom. The Hall–Kier alpha value is -0.700. The van der Waals surface area contributed by atoms with E-state index in [2.05, 4.69) is 12.6 Å². The summed E-state index contributed by atoms with van der Waals surface area (Å²) in [6.45, 7) is 5.99. The van der Waals surface area contributed by atoms with Crippen molar-refractivity contribution < 1.29 is 57.3 Å². The van der Waals surface area contributed by atoms with E-state index in [1.165, 1.54) is 32.1 Å². The summed E-state index contributed by atoms with van der Waals surface area (Å²) in [5.74, 6) is -13.7. The number of hydrogen-bond donors (Lipinski definition) is 2. The average Bonchev–Trinajstić information content (AvgIpc) is 2.59. The van der Waals surface area contributed by atoms with Crippen LogP contribution in [0.15, 0.2) is 0 Å². The van der Waals surface area contributed by atoms with Gasteiger partial charge in [0.15, 0.2) is 0 Å². The topological polar surface area (TPSA) is 71.4 Å². The first-order valence-electron chi connectivity index (χ1n) is 9.29. The van der Waals surface area contributed by atoms with Crippen LogP contribution in [0.1, 0.15) is 59.3 Å². The maximum absolute atomic E-state index is 12.2. The van der Waals surface area contributed by atoms with Crippen molar-refractivity contribution >= 4 is 28.5 Å². The highest BCUT2D eigenvalue weighted by atomic mass is 32.2. The van der Waals surface area contributed by atoms with E-state index in [9.17, 15) is 52.7 Å². The first-order chi connectivity index (χ1) is 13.9. The number of carbonyl (C=O) groups is 1. The molecule has 0 saturated heterocycles. The SMILES string of the molecule is CC(C)(C)C(=O)CC(S)C1CCCCC1.O=S(=O)(O)C(F)(F)C(F)(F)C(F)(F)C(F)(F)F. The summed E-state index contributed by atoms with van der Waals surface area (Å²) >= 11 is 4.62. The van der Waals surface area contributed by atoms with E-state index < -0.39 is 33.4 Å². The molecule has 1 unspecified atom stereocenters. The molecule has 1 rings (SSSR count). The van der Waals surface area contributed by atoms with E-state index in [0.717, 1.165) is 0 Å². The molecule has 0 aromatic heterocycles. The van der Waals surface area contributed by atoms with Gasteiger partial charge >= 0.3 is 33.4 Å². The number of hydrogen-bond acceptors (Lipinski definition) is 4. The minimum absolute atomic E-state index is 0.199. The Bertz CT molecular complexity index is 738. The van der Waals surface area contributed by atoms with Gasteiger partial charge in [-0.25, -0.2) is 0 Å². The fourth-order valence-corrected chi connectivity index (χ4v) is 3.62. The normalized spacial score (nSPS) is 18.6. The first-order valence-corrected chi connectivity index (χ1v) is 11.3. The monoisotopic (exact) mass is 528 g/mol. The van der Waals surface area contributed by atoms with Crippen molar-refractivity contribution in [3.05, 3.63) is 0 Å². The van der Waals surface area contributed by atoms with Gasteiger partial charge in [-0.2, -0.15) is 60.6 Å². The summed E-state index contributed by atoms with van der Waals surface area (Å²) in [5, 5.41) is -6.71. The second kappa shape index (κ2) is 10.3. The third kappa shape index (κ3) is 7.15. The van der Waals surface area contributed by atoms with Gasteiger partial charge in [0.2, 0.25) is 0 Å². The van der Waals surface area contributed by atoms with Crippen molar-refractivity contribution in [1.29, 1.82) is 0 Å². The largest absolute Gasteiger partial charge is 0.460 e. The van der Waals surface area contributed by atoms with Crippen LogP contribution in [-0.2, 0) is 14.9 Å². The van der Waals surface area contributed by atoms with Gasteiger partial charge in [0.1, 0.15) is 5.78 Å². The lowest BCUT2D eigenvalue weighted by molar-refractivity contribution is -0.382. The molecular weight excluding hydrogens is 503 g/mol. The number of thiol groups is 1. The summed E-state index contributed by atoms with van der Waals surface area (Å²) in [6.07, 6.45) is 0.0696. The Labute approximate surface area is 185 Å². The Balaban J connectivity index is 0.000000604. The van der Waals surface area contributed by atoms with Gasteiger partial charge in [0.05, 0.1) is 0 Å². The Kier molecular flexibility index (Phi) is 10.1. The fourth-order valence-electron chi connectivity index (χ4n) is 2.70. The van der Waals surface area contributed by atoms with Crippen molar-refractivity contribution in [1.82, 2.24) is 0 Å². The van der Waals surface area contributed by atoms with Gasteiger partial charge in [-0.1, -0.05) is 40.0 Å². The highest BCUT2D eigenvalue weighted by Gasteiger charge is 2.85. The van der Waals surface area contributed by atoms with E-state index in [0.29, 0.717) is 18.1 Å². The molecule has 0 spiro atoms. The highest BCUT2D eigenvalue weighted by molar-refractivity contribution is 7.87. The van der Waals surface area contributed by atoms with Crippen LogP contribution in [0.5, 0.6) is 0 Å². The molecule has 15 heteroatoms. The minimum Gasteiger partial charge on any atom is -0.299 e. The molecule has 0 aromatic carbocycles. The third-order valence-electron chi connectivity index (χ3n) is 4.86. The van der Waals surface area contributed by atoms with E-state index in [-0.39, 0.29) is 10.7 Å². The van der Waals surface area contributed by atoms with Crippen LogP contribution >= 0.6 is 12.6 Å². The van der Waals surface area contributed by atoms with Crippen molar-refractivity contribution in [2.24, 2.45) is 11.3 Å². The summed E-state index contributed by atoms with van der Waals surface area (Å²) in [6, 6.07) is 0. The maximum Gasteiger partial charge on any atom is 0.460 e. The summed E-state index contributed by atoms with van der Waals surface area (Å²) in [4.78, 5) is 11.9. The third-order valence-corrected chi connectivity index (χ3v) is 6.37. The van der Waals surface area contributed by atoms with E-state index in [1.807, 2.05) is 20.8 Å². The summed E-state index contributed by atoms with van der Waals surface area (Å²) < 4.78 is 134. The molecule has 32 heavy (non-hydrogen) atoms. The second-order valence-electron chi connectivity index (χ2n) is 8.48. The molecule has 1 aliphatic carbocycles. The zero-order chi connectivity index (χ0) is 26.0. The molecule has 0 heterocycles. The number of alkyl halides is 9. The number of rotatable bonds is 6. The van der Waals surface area contributed by atoms with Crippen molar-refractivity contribution in [3.63, 3.8) is 0 Å². The van der Waals surface area contributed by atoms with Gasteiger partial charge in [0.25, 0.3) is 0 Å². The number of halogens is 9. The average molecular weight is 528 g/mol. The van der Waals surface area contributed by atoms with Crippen molar-refractivity contribution in [2.75, 3.05) is 0 Å². The second-order valence-corrected chi connectivity index (χ2v) is 10.6. The standard InChI is InChI=1S/C13H24OS.C4HF9O3S/c1-13(2,3)12(14)9-11(15)10-7-5-4-6-8-10;5-1(6,3(9,10)11)2(7,8)4(12,13)17(14,15)16/h10-11,15H,4-9H2,1-3H3;(H,14,15,16). The molecule has 192 valence electrons. The summed E-state index contributed by atoms with van der Waals surface area (Å²) in [7, 11) is -7.17. The molecule has 1 N–H and O–H groups in total. The predicted molar refractivity (Wildman–Crippen MR) is 101 cm³/mol. The lowest BCUT2D eigenvalue weighted by atomic mass is 9.81. The molecule has 1 atom stereocenters. The van der Waals surface area contributed by atoms with Gasteiger partial charge < -0.3 is 0 Å². The molecule has 0 radical (unpaired) electrons. The number of ketones is 1. The van der Waals surface area contributed by atoms with Crippen LogP contribution in [0.4, 0.5) is 39.5 Å². The Morgan fingerprint density at radius 2 is 1.31 bits per heavy atom. The molecule has 0 amide bonds. The fraction of sp³-hybridized carbons (Fsp3) is 0.941. The molecule has 0 aliphatic heterocycles. The smallest absolute Gasteiger partial charge is 0.299 e. The first kappa shape index (κ1) is 31.3. The molecule has 1 aliphatic rings. The van der Waals surface area contributed by atoms with Crippen molar-refractivity contribution in [2.45, 2.75) is 87.8 Å². The lowest BCUT2D eigenvalue weighted by Gasteiger charge is -2.31. The highest BCUT2D eigenvalue weighted by Crippen LogP contribution is 2.54. The summed E-state index contributed by atoms with van der Waals surface area (Å²) in [5.41, 5.74) is -0.199. The zero-order valence-electron chi connectivity index (χ0n) is 17.3. The van der Waals surface area contributed by atoms with Crippen LogP contribution in [-0.4, -0.2) is 47.3 Å². The van der Waals surface area contributed by atoms with Crippen LogP contribution in [0.2, 0.25) is 0 Å². The van der Waals surface area contributed by atoms with Crippen LogP contribution in [0.25, 0.3) is 0 Å².